The van der Waals surface area contributed by atoms with Gasteiger partial charge in [0.2, 0.25) is 5.91 Å². The summed E-state index contributed by atoms with van der Waals surface area (Å²) in [5.41, 5.74) is 0.783. The fraction of sp³-hybridized carbons (Fsp3) is 0.312. The van der Waals surface area contributed by atoms with E-state index in [-0.39, 0.29) is 19.0 Å². The minimum absolute atomic E-state index is 0.278. The summed E-state index contributed by atoms with van der Waals surface area (Å²) in [7, 11) is 0. The van der Waals surface area contributed by atoms with E-state index in [1.54, 1.807) is 35.5 Å². The second-order valence-corrected chi connectivity index (χ2v) is 5.37. The molecule has 0 atom stereocenters. The zero-order chi connectivity index (χ0) is 22.0. The largest absolute Gasteiger partial charge is 0.542 e. The lowest BCUT2D eigenvalue weighted by atomic mass is 10.3. The number of carbonyl (C=O) groups is 3. The fourth-order valence-corrected chi connectivity index (χ4v) is 1.83. The molecule has 2 aromatic heterocycles. The molecule has 0 fully saturated rings. The molecule has 1 N–H and O–H groups in total. The first-order valence-corrected chi connectivity index (χ1v) is 7.89. The van der Waals surface area contributed by atoms with Crippen LogP contribution in [0.5, 0.6) is 0 Å². The highest BCUT2D eigenvalue weighted by atomic mass is 19.4. The third kappa shape index (κ3) is 8.73. The highest BCUT2D eigenvalue weighted by Gasteiger charge is 2.28. The minimum Gasteiger partial charge on any atom is -0.542 e. The maximum Gasteiger partial charge on any atom is 0.430 e. The molecule has 0 spiro atoms. The van der Waals surface area contributed by atoms with Gasteiger partial charge in [0.15, 0.2) is 18.6 Å². The van der Waals surface area contributed by atoms with E-state index in [1.807, 2.05) is 6.07 Å². The van der Waals surface area contributed by atoms with E-state index in [0.717, 1.165) is 5.56 Å². The van der Waals surface area contributed by atoms with Crippen LogP contribution in [0.4, 0.5) is 13.2 Å². The quantitative estimate of drug-likeness (QED) is 0.596. The van der Waals surface area contributed by atoms with E-state index < -0.39 is 18.1 Å². The van der Waals surface area contributed by atoms with Crippen LogP contribution in [0.25, 0.3) is 11.4 Å². The maximum atomic E-state index is 11.4. The summed E-state index contributed by atoms with van der Waals surface area (Å²) in [5.74, 6) is -3.74. The van der Waals surface area contributed by atoms with Crippen LogP contribution in [-0.2, 0) is 20.9 Å². The number of hydrogen-bond acceptors (Lipinski definition) is 7. The van der Waals surface area contributed by atoms with Crippen LogP contribution < -0.4 is 9.79 Å². The number of rotatable bonds is 6. The molecule has 2 rings (SSSR count). The molecule has 0 saturated heterocycles. The van der Waals surface area contributed by atoms with Gasteiger partial charge in [-0.25, -0.2) is 9.97 Å². The molecule has 10 nitrogen and oxygen atoms in total. The van der Waals surface area contributed by atoms with Crippen molar-refractivity contribution >= 4 is 17.8 Å². The Morgan fingerprint density at radius 3 is 2.24 bits per heavy atom. The topological polar surface area (TPSA) is 140 Å². The molecule has 0 bridgehead atoms. The molecule has 156 valence electrons. The summed E-state index contributed by atoms with van der Waals surface area (Å²) in [5, 5.41) is 21.8. The Hall–Kier alpha value is -3.64. The average Bonchev–Trinajstić information content (AvgIpc) is 2.65. The predicted octanol–water partition coefficient (Wildman–Crippen LogP) is -0.942. The van der Waals surface area contributed by atoms with Crippen molar-refractivity contribution in [2.45, 2.75) is 19.6 Å². The van der Waals surface area contributed by atoms with E-state index >= 15 is 0 Å². The lowest BCUT2D eigenvalue weighted by Crippen LogP contribution is -2.45. The standard InChI is InChI=1S/C14H15N5O3.C2HF3O2/c1-11(20)18(10-13(21)22)7-8-19-6-3-12(9-17-19)14-15-4-2-5-16-14;3-2(4,5)1(6)7/h2-6,9H,7-8,10H2,1H3;(H,6,7). The Kier molecular flexibility index (Phi) is 8.58. The van der Waals surface area contributed by atoms with Crippen LogP contribution in [0.15, 0.2) is 36.9 Å². The zero-order valence-electron chi connectivity index (χ0n) is 15.0. The minimum atomic E-state index is -5.19. The van der Waals surface area contributed by atoms with Gasteiger partial charge in [0.25, 0.3) is 0 Å². The van der Waals surface area contributed by atoms with Crippen molar-refractivity contribution in [2.75, 3.05) is 13.1 Å². The molecular formula is C16H16F3N5O5. The van der Waals surface area contributed by atoms with Gasteiger partial charge in [0, 0.05) is 30.9 Å². The molecule has 2 heterocycles. The molecule has 0 aliphatic carbocycles. The number of aromatic nitrogens is 4. The predicted molar refractivity (Wildman–Crippen MR) is 86.4 cm³/mol. The lowest BCUT2D eigenvalue weighted by Gasteiger charge is -2.16. The Bertz CT molecular complexity index is 831. The molecule has 0 aromatic carbocycles. The summed E-state index contributed by atoms with van der Waals surface area (Å²) in [6.07, 6.45) is 1.48. The van der Waals surface area contributed by atoms with E-state index in [4.69, 9.17) is 15.0 Å². The molecule has 13 heteroatoms. The summed E-state index contributed by atoms with van der Waals surface area (Å²) < 4.78 is 33.2. The number of aliphatic carboxylic acids is 2. The first kappa shape index (κ1) is 23.4. The van der Waals surface area contributed by atoms with E-state index in [0.29, 0.717) is 12.4 Å². The summed E-state index contributed by atoms with van der Waals surface area (Å²) >= 11 is 0. The molecule has 0 saturated carbocycles. The van der Waals surface area contributed by atoms with Crippen LogP contribution in [0.2, 0.25) is 0 Å². The van der Waals surface area contributed by atoms with Gasteiger partial charge in [-0.1, -0.05) is 4.68 Å². The van der Waals surface area contributed by atoms with Crippen molar-refractivity contribution in [1.82, 2.24) is 20.0 Å². The smallest absolute Gasteiger partial charge is 0.430 e. The van der Waals surface area contributed by atoms with Crippen LogP contribution in [0.3, 0.4) is 0 Å². The molecule has 0 aliphatic heterocycles. The van der Waals surface area contributed by atoms with Gasteiger partial charge in [0.1, 0.15) is 18.7 Å². The molecule has 1 amide bonds. The van der Waals surface area contributed by atoms with Gasteiger partial charge in [-0.05, 0) is 11.2 Å². The van der Waals surface area contributed by atoms with Crippen LogP contribution in [-0.4, -0.2) is 62.2 Å². The first-order valence-electron chi connectivity index (χ1n) is 7.89. The fourth-order valence-electron chi connectivity index (χ4n) is 1.83. The Labute approximate surface area is 162 Å². The number of nitrogens with zero attached hydrogens (tertiary/aromatic N) is 5. The number of halogens is 3. The molecule has 0 aliphatic rings. The normalized spacial score (nSPS) is 10.5. The molecule has 0 radical (unpaired) electrons. The molecular weight excluding hydrogens is 399 g/mol. The van der Waals surface area contributed by atoms with Gasteiger partial charge in [-0.3, -0.25) is 9.59 Å². The van der Waals surface area contributed by atoms with Crippen molar-refractivity contribution in [3.8, 4) is 11.4 Å². The number of hydrogen-bond donors (Lipinski definition) is 1. The Morgan fingerprint density at radius 1 is 1.24 bits per heavy atom. The summed E-state index contributed by atoms with van der Waals surface area (Å²) in [4.78, 5) is 40.4. The van der Waals surface area contributed by atoms with Crippen molar-refractivity contribution < 1.29 is 42.4 Å². The maximum absolute atomic E-state index is 11.4. The number of amides is 1. The average molecular weight is 415 g/mol. The lowest BCUT2D eigenvalue weighted by molar-refractivity contribution is -0.753. The van der Waals surface area contributed by atoms with Crippen LogP contribution >= 0.6 is 0 Å². The number of carboxylic acids is 2. The van der Waals surface area contributed by atoms with E-state index in [2.05, 4.69) is 15.1 Å². The van der Waals surface area contributed by atoms with Crippen molar-refractivity contribution in [1.29, 1.82) is 0 Å². The Morgan fingerprint density at radius 2 is 1.83 bits per heavy atom. The van der Waals surface area contributed by atoms with E-state index in [9.17, 15) is 22.8 Å². The van der Waals surface area contributed by atoms with Crippen LogP contribution in [0.1, 0.15) is 6.92 Å². The van der Waals surface area contributed by atoms with Crippen molar-refractivity contribution in [3.05, 3.63) is 36.9 Å². The summed E-state index contributed by atoms with van der Waals surface area (Å²) in [6.45, 7) is 1.71. The first-order chi connectivity index (χ1) is 13.5. The monoisotopic (exact) mass is 415 g/mol. The number of carboxylic acid groups (broad SMARTS) is 2. The molecule has 29 heavy (non-hydrogen) atoms. The summed E-state index contributed by atoms with van der Waals surface area (Å²) in [6, 6.07) is 3.55. The highest BCUT2D eigenvalue weighted by molar-refractivity contribution is 5.79. The van der Waals surface area contributed by atoms with Gasteiger partial charge in [-0.2, -0.15) is 13.2 Å². The van der Waals surface area contributed by atoms with Gasteiger partial charge in [0.05, 0.1) is 6.54 Å². The third-order valence-corrected chi connectivity index (χ3v) is 3.20. The highest BCUT2D eigenvalue weighted by Crippen LogP contribution is 2.11. The van der Waals surface area contributed by atoms with Crippen molar-refractivity contribution in [3.63, 3.8) is 0 Å². The second kappa shape index (κ2) is 10.6. The van der Waals surface area contributed by atoms with Crippen LogP contribution in [0, 0.1) is 0 Å². The second-order valence-electron chi connectivity index (χ2n) is 5.37. The molecule has 0 unspecified atom stereocenters. The van der Waals surface area contributed by atoms with Gasteiger partial charge >= 0.3 is 12.1 Å². The van der Waals surface area contributed by atoms with Gasteiger partial charge < -0.3 is 19.9 Å². The SMILES string of the molecule is CC(=O)N(CC[n+]1ccc(-c2ncccn2)cn1)CC(=O)O.O=C([O-])C(F)(F)F. The Balaban J connectivity index is 0.000000516. The zero-order valence-corrected chi connectivity index (χ0v) is 15.0. The van der Waals surface area contributed by atoms with Crippen molar-refractivity contribution in [2.24, 2.45) is 0 Å². The molecule has 2 aromatic rings. The van der Waals surface area contributed by atoms with E-state index in [1.165, 1.54) is 11.8 Å². The number of carbonyl (C=O) groups excluding carboxylic acids is 2. The number of alkyl halides is 3. The van der Waals surface area contributed by atoms with Gasteiger partial charge in [-0.15, -0.1) is 0 Å². The third-order valence-electron chi connectivity index (χ3n) is 3.20.